The number of hydrogen-bond acceptors (Lipinski definition) is 7. The average Bonchev–Trinajstić information content (AvgIpc) is 3.02. The van der Waals surface area contributed by atoms with E-state index in [1.807, 2.05) is 0 Å². The minimum atomic E-state index is -1.07. The molecule has 9 heteroatoms. The number of aromatic nitrogens is 3. The highest BCUT2D eigenvalue weighted by molar-refractivity contribution is 5.94. The summed E-state index contributed by atoms with van der Waals surface area (Å²) in [7, 11) is 0. The molecular weight excluding hydrogens is 340 g/mol. The standard InChI is InChI=1S/C17H16N4O5/c1-10-7-14(20-26-10)19-16(23)11(2)25-15(22)8-21-9-18-13-6-4-3-5-12(13)17(21)24/h3-7,9,11H,8H2,1-2H3,(H,19,20,23)/t11-/m0/s1. The number of amides is 1. The Morgan fingerprint density at radius 2 is 2.12 bits per heavy atom. The fourth-order valence-corrected chi connectivity index (χ4v) is 2.30. The van der Waals surface area contributed by atoms with E-state index in [-0.39, 0.29) is 17.9 Å². The predicted octanol–water partition coefficient (Wildman–Crippen LogP) is 1.26. The molecule has 0 unspecified atom stereocenters. The molecular formula is C17H16N4O5. The smallest absolute Gasteiger partial charge is 0.326 e. The highest BCUT2D eigenvalue weighted by Gasteiger charge is 2.20. The average molecular weight is 356 g/mol. The van der Waals surface area contributed by atoms with Gasteiger partial charge in [0, 0.05) is 6.07 Å². The predicted molar refractivity (Wildman–Crippen MR) is 91.4 cm³/mol. The number of hydrogen-bond donors (Lipinski definition) is 1. The largest absolute Gasteiger partial charge is 0.451 e. The number of carbonyl (C=O) groups is 2. The molecule has 0 radical (unpaired) electrons. The third-order valence-electron chi connectivity index (χ3n) is 3.59. The number of ether oxygens (including phenoxy) is 1. The van der Waals surface area contributed by atoms with Crippen LogP contribution >= 0.6 is 0 Å². The second-order valence-electron chi connectivity index (χ2n) is 5.64. The van der Waals surface area contributed by atoms with Gasteiger partial charge in [0.05, 0.1) is 17.2 Å². The second kappa shape index (κ2) is 7.18. The molecule has 9 nitrogen and oxygen atoms in total. The van der Waals surface area contributed by atoms with Crippen molar-refractivity contribution in [1.82, 2.24) is 14.7 Å². The van der Waals surface area contributed by atoms with Crippen molar-refractivity contribution in [2.75, 3.05) is 5.32 Å². The van der Waals surface area contributed by atoms with E-state index in [0.717, 1.165) is 4.57 Å². The number of benzene rings is 1. The molecule has 0 bridgehead atoms. The molecule has 0 fully saturated rings. The molecule has 1 N–H and O–H groups in total. The van der Waals surface area contributed by atoms with Crippen LogP contribution in [0.2, 0.25) is 0 Å². The number of fused-ring (bicyclic) bond motifs is 1. The Kier molecular flexibility index (Phi) is 4.78. The Hall–Kier alpha value is -3.49. The van der Waals surface area contributed by atoms with Crippen LogP contribution in [0.15, 0.2) is 46.0 Å². The maximum Gasteiger partial charge on any atom is 0.326 e. The van der Waals surface area contributed by atoms with Crippen LogP contribution in [-0.4, -0.2) is 32.7 Å². The lowest BCUT2D eigenvalue weighted by Gasteiger charge is -2.13. The van der Waals surface area contributed by atoms with Crippen molar-refractivity contribution in [2.45, 2.75) is 26.5 Å². The molecule has 134 valence electrons. The summed E-state index contributed by atoms with van der Waals surface area (Å²) in [6.45, 7) is 2.75. The van der Waals surface area contributed by atoms with Gasteiger partial charge in [-0.1, -0.05) is 17.3 Å². The fourth-order valence-electron chi connectivity index (χ4n) is 2.30. The monoisotopic (exact) mass is 356 g/mol. The van der Waals surface area contributed by atoms with Crippen molar-refractivity contribution in [3.8, 4) is 0 Å². The summed E-state index contributed by atoms with van der Waals surface area (Å²) in [6, 6.07) is 8.35. The third-order valence-corrected chi connectivity index (χ3v) is 3.59. The third kappa shape index (κ3) is 3.77. The highest BCUT2D eigenvalue weighted by Crippen LogP contribution is 2.08. The van der Waals surface area contributed by atoms with Crippen LogP contribution < -0.4 is 10.9 Å². The quantitative estimate of drug-likeness (QED) is 0.684. The van der Waals surface area contributed by atoms with E-state index in [1.54, 1.807) is 31.2 Å². The summed E-state index contributed by atoms with van der Waals surface area (Å²) >= 11 is 0. The van der Waals surface area contributed by atoms with Crippen molar-refractivity contribution in [3.63, 3.8) is 0 Å². The maximum atomic E-state index is 12.3. The minimum absolute atomic E-state index is 0.227. The van der Waals surface area contributed by atoms with Crippen LogP contribution in [0.1, 0.15) is 12.7 Å². The molecule has 0 saturated carbocycles. The molecule has 0 spiro atoms. The van der Waals surface area contributed by atoms with Gasteiger partial charge in [-0.2, -0.15) is 0 Å². The van der Waals surface area contributed by atoms with Crippen molar-refractivity contribution in [1.29, 1.82) is 0 Å². The first kappa shape index (κ1) is 17.3. The van der Waals surface area contributed by atoms with Gasteiger partial charge in [0.2, 0.25) is 0 Å². The van der Waals surface area contributed by atoms with E-state index in [2.05, 4.69) is 15.5 Å². The number of aryl methyl sites for hydroxylation is 1. The van der Waals surface area contributed by atoms with E-state index >= 15 is 0 Å². The highest BCUT2D eigenvalue weighted by atomic mass is 16.5. The van der Waals surface area contributed by atoms with Gasteiger partial charge < -0.3 is 14.6 Å². The Morgan fingerprint density at radius 3 is 2.85 bits per heavy atom. The molecule has 0 saturated heterocycles. The molecule has 1 atom stereocenters. The SMILES string of the molecule is Cc1cc(NC(=O)[C@H](C)OC(=O)Cn2cnc3ccccc3c2=O)no1. The molecule has 0 aliphatic heterocycles. The van der Waals surface area contributed by atoms with E-state index in [1.165, 1.54) is 19.3 Å². The first-order valence-electron chi connectivity index (χ1n) is 7.82. The van der Waals surface area contributed by atoms with Gasteiger partial charge in [0.1, 0.15) is 12.3 Å². The van der Waals surface area contributed by atoms with Crippen LogP contribution in [0.4, 0.5) is 5.82 Å². The van der Waals surface area contributed by atoms with Gasteiger partial charge in [-0.15, -0.1) is 0 Å². The van der Waals surface area contributed by atoms with Gasteiger partial charge >= 0.3 is 5.97 Å². The Balaban J connectivity index is 1.64. The molecule has 0 aliphatic carbocycles. The number of nitrogens with one attached hydrogen (secondary N) is 1. The van der Waals surface area contributed by atoms with Gasteiger partial charge in [-0.25, -0.2) is 4.98 Å². The molecule has 2 heterocycles. The zero-order chi connectivity index (χ0) is 18.7. The summed E-state index contributed by atoms with van der Waals surface area (Å²) in [5, 5.41) is 6.49. The zero-order valence-electron chi connectivity index (χ0n) is 14.1. The summed E-state index contributed by atoms with van der Waals surface area (Å²) in [5.74, 6) is -0.530. The molecule has 2 aromatic heterocycles. The number of rotatable bonds is 5. The van der Waals surface area contributed by atoms with E-state index < -0.39 is 18.0 Å². The van der Waals surface area contributed by atoms with Crippen LogP contribution in [0.3, 0.4) is 0 Å². The fraction of sp³-hybridized carbons (Fsp3) is 0.235. The van der Waals surface area contributed by atoms with Gasteiger partial charge in [-0.05, 0) is 26.0 Å². The first-order valence-corrected chi connectivity index (χ1v) is 7.82. The van der Waals surface area contributed by atoms with Gasteiger partial charge in [0.15, 0.2) is 11.9 Å². The zero-order valence-corrected chi connectivity index (χ0v) is 14.1. The number of carbonyl (C=O) groups excluding carboxylic acids is 2. The summed E-state index contributed by atoms with van der Waals surface area (Å²) in [6.07, 6.45) is 0.207. The number of esters is 1. The van der Waals surface area contributed by atoms with Crippen LogP contribution in [0.5, 0.6) is 0 Å². The molecule has 1 amide bonds. The topological polar surface area (TPSA) is 116 Å². The summed E-state index contributed by atoms with van der Waals surface area (Å²) in [4.78, 5) is 40.5. The molecule has 3 rings (SSSR count). The lowest BCUT2D eigenvalue weighted by atomic mass is 10.2. The van der Waals surface area contributed by atoms with Crippen molar-refractivity contribution >= 4 is 28.6 Å². The Labute approximate surface area is 147 Å². The Morgan fingerprint density at radius 1 is 1.35 bits per heavy atom. The van der Waals surface area contributed by atoms with E-state index in [0.29, 0.717) is 16.7 Å². The maximum absolute atomic E-state index is 12.3. The number of anilines is 1. The van der Waals surface area contributed by atoms with Gasteiger partial charge in [0.25, 0.3) is 11.5 Å². The van der Waals surface area contributed by atoms with E-state index in [4.69, 9.17) is 9.26 Å². The van der Waals surface area contributed by atoms with Crippen LogP contribution in [0.25, 0.3) is 10.9 Å². The Bertz CT molecular complexity index is 1020. The molecule has 1 aromatic carbocycles. The second-order valence-corrected chi connectivity index (χ2v) is 5.64. The van der Waals surface area contributed by atoms with Crippen LogP contribution in [0, 0.1) is 6.92 Å². The van der Waals surface area contributed by atoms with Crippen molar-refractivity contribution < 1.29 is 18.8 Å². The van der Waals surface area contributed by atoms with Crippen molar-refractivity contribution in [2.24, 2.45) is 0 Å². The van der Waals surface area contributed by atoms with Gasteiger partial charge in [-0.3, -0.25) is 19.0 Å². The normalized spacial score (nSPS) is 11.9. The van der Waals surface area contributed by atoms with Crippen molar-refractivity contribution in [3.05, 3.63) is 52.8 Å². The van der Waals surface area contributed by atoms with Crippen LogP contribution in [-0.2, 0) is 20.9 Å². The molecule has 3 aromatic rings. The molecule has 26 heavy (non-hydrogen) atoms. The lowest BCUT2D eigenvalue weighted by molar-refractivity contribution is -0.153. The minimum Gasteiger partial charge on any atom is -0.451 e. The van der Waals surface area contributed by atoms with E-state index in [9.17, 15) is 14.4 Å². The summed E-state index contributed by atoms with van der Waals surface area (Å²) < 4.78 is 11.0. The summed E-state index contributed by atoms with van der Waals surface area (Å²) in [5.41, 5.74) is 0.181. The number of nitrogens with zero attached hydrogens (tertiary/aromatic N) is 3. The first-order chi connectivity index (χ1) is 12.4. The number of para-hydroxylation sites is 1. The lowest BCUT2D eigenvalue weighted by Crippen LogP contribution is -2.33. The molecule has 0 aliphatic rings.